The van der Waals surface area contributed by atoms with Gasteiger partial charge in [-0.05, 0) is 25.5 Å². The highest BCUT2D eigenvalue weighted by Crippen LogP contribution is 2.27. The fraction of sp³-hybridized carbons (Fsp3) is 0.167. The molecular weight excluding hydrogens is 279 g/mol. The molecule has 0 N–H and O–H groups in total. The Bertz CT molecular complexity index is 559. The van der Waals surface area contributed by atoms with E-state index in [9.17, 15) is 0 Å². The van der Waals surface area contributed by atoms with Gasteiger partial charge in [-0.15, -0.1) is 0 Å². The summed E-state index contributed by atoms with van der Waals surface area (Å²) in [4.78, 5) is 8.37. The Morgan fingerprint density at radius 3 is 2.06 bits per heavy atom. The van der Waals surface area contributed by atoms with Crippen molar-refractivity contribution >= 4 is 34.8 Å². The molecule has 0 aliphatic heterocycles. The van der Waals surface area contributed by atoms with Crippen LogP contribution in [0.3, 0.4) is 0 Å². The molecule has 17 heavy (non-hydrogen) atoms. The molecule has 2 nitrogen and oxygen atoms in total. The molecule has 0 fully saturated rings. The largest absolute Gasteiger partial charge is 0.216 e. The number of benzene rings is 1. The summed E-state index contributed by atoms with van der Waals surface area (Å²) in [5, 5.41) is 1.38. The van der Waals surface area contributed by atoms with Crippen molar-refractivity contribution in [2.45, 2.75) is 13.8 Å². The normalized spacial score (nSPS) is 10.6. The van der Waals surface area contributed by atoms with Gasteiger partial charge in [0, 0.05) is 16.1 Å². The second-order valence-corrected chi connectivity index (χ2v) is 4.84. The van der Waals surface area contributed by atoms with Gasteiger partial charge in [0.1, 0.15) is 10.3 Å². The molecule has 2 rings (SSSR count). The van der Waals surface area contributed by atoms with Crippen LogP contribution in [0, 0.1) is 13.8 Å². The quantitative estimate of drug-likeness (QED) is 0.709. The summed E-state index contributed by atoms with van der Waals surface area (Å²) >= 11 is 18.0. The highest BCUT2D eigenvalue weighted by molar-refractivity contribution is 6.34. The Kier molecular flexibility index (Phi) is 3.57. The van der Waals surface area contributed by atoms with Crippen molar-refractivity contribution in [2.75, 3.05) is 0 Å². The predicted octanol–water partition coefficient (Wildman–Crippen LogP) is 4.72. The monoisotopic (exact) mass is 286 g/mol. The molecule has 0 atom stereocenters. The van der Waals surface area contributed by atoms with Crippen LogP contribution in [-0.2, 0) is 0 Å². The molecule has 88 valence electrons. The van der Waals surface area contributed by atoms with Gasteiger partial charge in [0.05, 0.1) is 0 Å². The summed E-state index contributed by atoms with van der Waals surface area (Å²) in [6.45, 7) is 3.71. The molecule has 1 aromatic carbocycles. The summed E-state index contributed by atoms with van der Waals surface area (Å²) in [5.41, 5.74) is 2.47. The first-order valence-electron chi connectivity index (χ1n) is 4.95. The Morgan fingerprint density at radius 1 is 0.941 bits per heavy atom. The molecule has 0 bridgehead atoms. The maximum absolute atomic E-state index is 6.05. The molecule has 0 aliphatic carbocycles. The number of hydrogen-bond acceptors (Lipinski definition) is 2. The van der Waals surface area contributed by atoms with Gasteiger partial charge in [0.15, 0.2) is 5.82 Å². The first kappa shape index (κ1) is 12.6. The van der Waals surface area contributed by atoms with E-state index in [4.69, 9.17) is 34.8 Å². The van der Waals surface area contributed by atoms with Crippen LogP contribution in [0.2, 0.25) is 15.3 Å². The van der Waals surface area contributed by atoms with Crippen molar-refractivity contribution < 1.29 is 0 Å². The minimum absolute atomic E-state index is 0.358. The molecular formula is C12H9Cl3N2. The summed E-state index contributed by atoms with van der Waals surface area (Å²) in [6.07, 6.45) is 0. The average molecular weight is 288 g/mol. The van der Waals surface area contributed by atoms with Gasteiger partial charge >= 0.3 is 0 Å². The molecule has 0 unspecified atom stereocenters. The van der Waals surface area contributed by atoms with Crippen molar-refractivity contribution in [3.8, 4) is 11.4 Å². The van der Waals surface area contributed by atoms with Crippen molar-refractivity contribution in [3.05, 3.63) is 44.7 Å². The number of hydrogen-bond donors (Lipinski definition) is 0. The fourth-order valence-corrected chi connectivity index (χ4v) is 1.89. The van der Waals surface area contributed by atoms with Gasteiger partial charge < -0.3 is 0 Å². The summed E-state index contributed by atoms with van der Waals surface area (Å²) in [7, 11) is 0. The number of rotatable bonds is 1. The SMILES string of the molecule is Cc1ccc(-c2nc(Cl)c(C)c(Cl)n2)cc1Cl. The molecule has 1 heterocycles. The summed E-state index contributed by atoms with van der Waals surface area (Å²) in [6, 6.07) is 5.59. The molecule has 0 radical (unpaired) electrons. The molecule has 0 saturated carbocycles. The number of aryl methyl sites for hydroxylation is 1. The molecule has 5 heteroatoms. The van der Waals surface area contributed by atoms with E-state index in [1.807, 2.05) is 19.1 Å². The standard InChI is InChI=1S/C12H9Cl3N2/c1-6-3-4-8(5-9(6)13)12-16-10(14)7(2)11(15)17-12/h3-5H,1-2H3. The third-order valence-corrected chi connectivity index (χ3v) is 3.60. The molecule has 1 aromatic heterocycles. The zero-order valence-corrected chi connectivity index (χ0v) is 11.5. The van der Waals surface area contributed by atoms with E-state index in [0.717, 1.165) is 11.1 Å². The zero-order valence-electron chi connectivity index (χ0n) is 9.26. The minimum atomic E-state index is 0.358. The first-order valence-corrected chi connectivity index (χ1v) is 6.08. The smallest absolute Gasteiger partial charge is 0.162 e. The van der Waals surface area contributed by atoms with Crippen LogP contribution >= 0.6 is 34.8 Å². The van der Waals surface area contributed by atoms with Crippen molar-refractivity contribution in [1.82, 2.24) is 9.97 Å². The number of nitrogens with zero attached hydrogens (tertiary/aromatic N) is 2. The van der Waals surface area contributed by atoms with Crippen LogP contribution in [0.1, 0.15) is 11.1 Å². The highest BCUT2D eigenvalue weighted by atomic mass is 35.5. The number of halogens is 3. The van der Waals surface area contributed by atoms with E-state index in [1.165, 1.54) is 0 Å². The Morgan fingerprint density at radius 2 is 1.53 bits per heavy atom. The van der Waals surface area contributed by atoms with E-state index in [1.54, 1.807) is 13.0 Å². The Hall–Kier alpha value is -0.830. The second-order valence-electron chi connectivity index (χ2n) is 3.72. The maximum atomic E-state index is 6.05. The third-order valence-electron chi connectivity index (χ3n) is 2.46. The fourth-order valence-electron chi connectivity index (χ4n) is 1.32. The van der Waals surface area contributed by atoms with E-state index in [-0.39, 0.29) is 0 Å². The van der Waals surface area contributed by atoms with Crippen LogP contribution in [0.4, 0.5) is 0 Å². The lowest BCUT2D eigenvalue weighted by Gasteiger charge is -2.06. The van der Waals surface area contributed by atoms with Gasteiger partial charge in [0.25, 0.3) is 0 Å². The van der Waals surface area contributed by atoms with Gasteiger partial charge in [0.2, 0.25) is 0 Å². The van der Waals surface area contributed by atoms with E-state index in [0.29, 0.717) is 26.7 Å². The van der Waals surface area contributed by atoms with Gasteiger partial charge in [-0.2, -0.15) is 0 Å². The van der Waals surface area contributed by atoms with Crippen molar-refractivity contribution in [3.63, 3.8) is 0 Å². The zero-order chi connectivity index (χ0) is 12.6. The molecule has 0 amide bonds. The molecule has 0 spiro atoms. The van der Waals surface area contributed by atoms with Gasteiger partial charge in [-0.1, -0.05) is 46.9 Å². The Balaban J connectivity index is 2.57. The Labute approximate surface area is 115 Å². The summed E-state index contributed by atoms with van der Waals surface area (Å²) in [5.74, 6) is 0.479. The average Bonchev–Trinajstić information content (AvgIpc) is 2.29. The van der Waals surface area contributed by atoms with Crippen LogP contribution in [0.15, 0.2) is 18.2 Å². The van der Waals surface area contributed by atoms with E-state index >= 15 is 0 Å². The second kappa shape index (κ2) is 4.81. The van der Waals surface area contributed by atoms with Crippen LogP contribution in [-0.4, -0.2) is 9.97 Å². The topological polar surface area (TPSA) is 25.8 Å². The molecule has 2 aromatic rings. The maximum Gasteiger partial charge on any atom is 0.162 e. The van der Waals surface area contributed by atoms with Gasteiger partial charge in [-0.25, -0.2) is 9.97 Å². The highest BCUT2D eigenvalue weighted by Gasteiger charge is 2.10. The third kappa shape index (κ3) is 2.54. The van der Waals surface area contributed by atoms with Crippen LogP contribution in [0.5, 0.6) is 0 Å². The molecule has 0 aliphatic rings. The lowest BCUT2D eigenvalue weighted by atomic mass is 10.1. The minimum Gasteiger partial charge on any atom is -0.216 e. The lowest BCUT2D eigenvalue weighted by Crippen LogP contribution is -1.94. The van der Waals surface area contributed by atoms with E-state index in [2.05, 4.69) is 9.97 Å². The lowest BCUT2D eigenvalue weighted by molar-refractivity contribution is 1.14. The van der Waals surface area contributed by atoms with Crippen molar-refractivity contribution in [2.24, 2.45) is 0 Å². The van der Waals surface area contributed by atoms with Crippen LogP contribution < -0.4 is 0 Å². The summed E-state index contributed by atoms with van der Waals surface area (Å²) < 4.78 is 0. The molecule has 0 saturated heterocycles. The van der Waals surface area contributed by atoms with E-state index < -0.39 is 0 Å². The number of aromatic nitrogens is 2. The first-order chi connectivity index (χ1) is 7.99. The van der Waals surface area contributed by atoms with Gasteiger partial charge in [-0.3, -0.25) is 0 Å². The predicted molar refractivity (Wildman–Crippen MR) is 72.0 cm³/mol. The van der Waals surface area contributed by atoms with Crippen LogP contribution in [0.25, 0.3) is 11.4 Å². The van der Waals surface area contributed by atoms with Crippen molar-refractivity contribution in [1.29, 1.82) is 0 Å².